The number of nitrogens with one attached hydrogen (secondary N) is 1. The molecule has 0 radical (unpaired) electrons. The lowest BCUT2D eigenvalue weighted by atomic mass is 10.0. The van der Waals surface area contributed by atoms with E-state index in [1.54, 1.807) is 4.90 Å². The van der Waals surface area contributed by atoms with Gasteiger partial charge in [-0.15, -0.1) is 0 Å². The van der Waals surface area contributed by atoms with E-state index in [0.29, 0.717) is 13.1 Å². The maximum Gasteiger partial charge on any atom is 0.416 e. The highest BCUT2D eigenvalue weighted by atomic mass is 35.5. The van der Waals surface area contributed by atoms with Crippen LogP contribution in [-0.4, -0.2) is 24.0 Å². The van der Waals surface area contributed by atoms with E-state index in [1.807, 2.05) is 0 Å². The highest BCUT2D eigenvalue weighted by Crippen LogP contribution is 2.36. The molecule has 1 fully saturated rings. The fraction of sp³-hybridized carbons (Fsp3) is 0.462. The minimum atomic E-state index is -4.48. The average molecular weight is 307 g/mol. The van der Waals surface area contributed by atoms with Gasteiger partial charge in [0, 0.05) is 18.1 Å². The number of alkyl halides is 3. The number of benzene rings is 1. The Hall–Kier alpha value is -1.43. The third-order valence-corrected chi connectivity index (χ3v) is 3.50. The van der Waals surface area contributed by atoms with Gasteiger partial charge in [0.1, 0.15) is 0 Å². The number of rotatable bonds is 2. The molecule has 0 spiro atoms. The predicted molar refractivity (Wildman–Crippen MR) is 69.6 cm³/mol. The third-order valence-electron chi connectivity index (χ3n) is 3.27. The molecule has 0 aliphatic carbocycles. The Labute approximate surface area is 119 Å². The van der Waals surface area contributed by atoms with Crippen LogP contribution in [0.25, 0.3) is 0 Å². The number of hydrogen-bond donors (Lipinski definition) is 1. The van der Waals surface area contributed by atoms with Gasteiger partial charge in [-0.3, -0.25) is 0 Å². The number of urea groups is 1. The van der Waals surface area contributed by atoms with E-state index in [2.05, 4.69) is 5.32 Å². The Morgan fingerprint density at radius 1 is 1.40 bits per heavy atom. The van der Waals surface area contributed by atoms with Crippen molar-refractivity contribution < 1.29 is 18.0 Å². The number of halogens is 4. The number of amides is 2. The summed E-state index contributed by atoms with van der Waals surface area (Å²) in [6, 6.07) is 2.25. The summed E-state index contributed by atoms with van der Waals surface area (Å²) in [6.45, 7) is 2.79. The minimum absolute atomic E-state index is 0.0288. The van der Waals surface area contributed by atoms with Gasteiger partial charge in [-0.2, -0.15) is 13.2 Å². The maximum atomic E-state index is 12.9. The molecular weight excluding hydrogens is 293 g/mol. The lowest BCUT2D eigenvalue weighted by molar-refractivity contribution is -0.138. The van der Waals surface area contributed by atoms with Crippen molar-refractivity contribution in [2.45, 2.75) is 25.6 Å². The molecule has 1 aliphatic heterocycles. The summed E-state index contributed by atoms with van der Waals surface area (Å²) < 4.78 is 38.8. The summed E-state index contributed by atoms with van der Waals surface area (Å²) in [5.74, 6) is 0. The first-order chi connectivity index (χ1) is 9.29. The Kier molecular flexibility index (Phi) is 4.13. The monoisotopic (exact) mass is 306 g/mol. The van der Waals surface area contributed by atoms with Gasteiger partial charge >= 0.3 is 12.2 Å². The van der Waals surface area contributed by atoms with E-state index in [0.717, 1.165) is 12.5 Å². The van der Waals surface area contributed by atoms with Crippen LogP contribution >= 0.6 is 11.6 Å². The summed E-state index contributed by atoms with van der Waals surface area (Å²) in [5.41, 5.74) is -0.808. The lowest BCUT2D eigenvalue weighted by Crippen LogP contribution is -2.48. The average Bonchev–Trinajstić information content (AvgIpc) is 2.24. The molecule has 20 heavy (non-hydrogen) atoms. The molecule has 1 saturated heterocycles. The van der Waals surface area contributed by atoms with Crippen LogP contribution in [0.15, 0.2) is 18.2 Å². The van der Waals surface area contributed by atoms with Crippen LogP contribution in [0, 0.1) is 0 Å². The molecule has 2 rings (SSSR count). The zero-order valence-electron chi connectivity index (χ0n) is 10.8. The first-order valence-electron chi connectivity index (χ1n) is 6.21. The zero-order chi connectivity index (χ0) is 14.9. The standard InChI is InChI=1S/C13H14ClF3N2O/c1-8(18-12(20)19-5-2-6-19)10-7-9(14)3-4-11(10)13(15,16)17/h3-4,7-8H,2,5-6H2,1H3,(H,18,20). The highest BCUT2D eigenvalue weighted by Gasteiger charge is 2.35. The third kappa shape index (κ3) is 3.17. The van der Waals surface area contributed by atoms with Crippen molar-refractivity contribution in [2.24, 2.45) is 0 Å². The van der Waals surface area contributed by atoms with Gasteiger partial charge in [0.2, 0.25) is 0 Å². The number of nitrogens with zero attached hydrogens (tertiary/aromatic N) is 1. The van der Waals surface area contributed by atoms with Crippen molar-refractivity contribution in [2.75, 3.05) is 13.1 Å². The van der Waals surface area contributed by atoms with Crippen LogP contribution in [0.4, 0.5) is 18.0 Å². The molecule has 1 aromatic carbocycles. The summed E-state index contributed by atoms with van der Waals surface area (Å²) in [6.07, 6.45) is -3.55. The van der Waals surface area contributed by atoms with Crippen LogP contribution in [0.1, 0.15) is 30.5 Å². The smallest absolute Gasteiger partial charge is 0.331 e. The first-order valence-corrected chi connectivity index (χ1v) is 6.59. The van der Waals surface area contributed by atoms with Crippen molar-refractivity contribution in [3.05, 3.63) is 34.3 Å². The number of hydrogen-bond acceptors (Lipinski definition) is 1. The molecule has 110 valence electrons. The first kappa shape index (κ1) is 15.0. The quantitative estimate of drug-likeness (QED) is 0.884. The van der Waals surface area contributed by atoms with E-state index < -0.39 is 17.8 Å². The van der Waals surface area contributed by atoms with Gasteiger partial charge in [0.25, 0.3) is 0 Å². The molecule has 3 nitrogen and oxygen atoms in total. The Morgan fingerprint density at radius 2 is 2.05 bits per heavy atom. The van der Waals surface area contributed by atoms with Crippen LogP contribution in [0.5, 0.6) is 0 Å². The van der Waals surface area contributed by atoms with E-state index in [9.17, 15) is 18.0 Å². The molecule has 1 aliphatic rings. The SMILES string of the molecule is CC(NC(=O)N1CCC1)c1cc(Cl)ccc1C(F)(F)F. The van der Waals surface area contributed by atoms with Gasteiger partial charge in [-0.1, -0.05) is 11.6 Å². The van der Waals surface area contributed by atoms with Crippen molar-refractivity contribution in [3.63, 3.8) is 0 Å². The molecule has 1 heterocycles. The summed E-state index contributed by atoms with van der Waals surface area (Å²) >= 11 is 5.76. The Balaban J connectivity index is 2.21. The molecule has 1 N–H and O–H groups in total. The fourth-order valence-corrected chi connectivity index (χ4v) is 2.20. The van der Waals surface area contributed by atoms with Crippen LogP contribution < -0.4 is 5.32 Å². The molecule has 1 atom stereocenters. The molecule has 1 unspecified atom stereocenters. The lowest BCUT2D eigenvalue weighted by Gasteiger charge is -2.32. The number of likely N-dealkylation sites (tertiary alicyclic amines) is 1. The second-order valence-corrected chi connectivity index (χ2v) is 5.18. The fourth-order valence-electron chi connectivity index (χ4n) is 2.02. The van der Waals surface area contributed by atoms with Gasteiger partial charge in [0.15, 0.2) is 0 Å². The van der Waals surface area contributed by atoms with E-state index in [-0.39, 0.29) is 16.6 Å². The van der Waals surface area contributed by atoms with Crippen molar-refractivity contribution >= 4 is 17.6 Å². The van der Waals surface area contributed by atoms with E-state index in [1.165, 1.54) is 19.1 Å². The summed E-state index contributed by atoms with van der Waals surface area (Å²) in [4.78, 5) is 13.3. The highest BCUT2D eigenvalue weighted by molar-refractivity contribution is 6.30. The topological polar surface area (TPSA) is 32.3 Å². The second kappa shape index (κ2) is 5.52. The van der Waals surface area contributed by atoms with Gasteiger partial charge in [0.05, 0.1) is 11.6 Å². The molecule has 0 saturated carbocycles. The van der Waals surface area contributed by atoms with Crippen molar-refractivity contribution in [1.82, 2.24) is 10.2 Å². The molecule has 0 aromatic heterocycles. The Bertz CT molecular complexity index is 515. The van der Waals surface area contributed by atoms with E-state index >= 15 is 0 Å². The zero-order valence-corrected chi connectivity index (χ0v) is 11.6. The van der Waals surface area contributed by atoms with Crippen LogP contribution in [0.2, 0.25) is 5.02 Å². The molecule has 1 aromatic rings. The second-order valence-electron chi connectivity index (χ2n) is 4.74. The van der Waals surface area contributed by atoms with Crippen molar-refractivity contribution in [3.8, 4) is 0 Å². The largest absolute Gasteiger partial charge is 0.416 e. The van der Waals surface area contributed by atoms with E-state index in [4.69, 9.17) is 11.6 Å². The van der Waals surface area contributed by atoms with Gasteiger partial charge < -0.3 is 10.2 Å². The normalized spacial score (nSPS) is 16.6. The van der Waals surface area contributed by atoms with Crippen molar-refractivity contribution in [1.29, 1.82) is 0 Å². The molecule has 2 amide bonds. The Morgan fingerprint density at radius 3 is 2.55 bits per heavy atom. The molecule has 0 bridgehead atoms. The van der Waals surface area contributed by atoms with Gasteiger partial charge in [-0.05, 0) is 37.1 Å². The van der Waals surface area contributed by atoms with Gasteiger partial charge in [-0.25, -0.2) is 4.79 Å². The maximum absolute atomic E-state index is 12.9. The predicted octanol–water partition coefficient (Wildman–Crippen LogP) is 3.84. The van der Waals surface area contributed by atoms with Crippen LogP contribution in [-0.2, 0) is 6.18 Å². The minimum Gasteiger partial charge on any atom is -0.331 e. The molecular formula is C13H14ClF3N2O. The number of carbonyl (C=O) groups excluding carboxylic acids is 1. The molecule has 7 heteroatoms. The summed E-state index contributed by atoms with van der Waals surface area (Å²) in [5, 5.41) is 2.77. The summed E-state index contributed by atoms with van der Waals surface area (Å²) in [7, 11) is 0. The van der Waals surface area contributed by atoms with Crippen LogP contribution in [0.3, 0.4) is 0 Å². The number of carbonyl (C=O) groups is 1.